The van der Waals surface area contributed by atoms with Crippen LogP contribution in [0.2, 0.25) is 0 Å². The van der Waals surface area contributed by atoms with Gasteiger partial charge in [-0.05, 0) is 37.3 Å². The van der Waals surface area contributed by atoms with Crippen molar-refractivity contribution in [3.8, 4) is 27.8 Å². The molecule has 2 N–H and O–H groups in total. The Hall–Kier alpha value is -3.33. The van der Waals surface area contributed by atoms with Gasteiger partial charge in [-0.25, -0.2) is 5.43 Å². The molecule has 28 heavy (non-hydrogen) atoms. The number of hydrazone groups is 1. The first kappa shape index (κ1) is 19.4. The molecule has 0 atom stereocenters. The lowest BCUT2D eigenvalue weighted by Crippen LogP contribution is -2.18. The average Bonchev–Trinajstić information content (AvgIpc) is 3.36. The van der Waals surface area contributed by atoms with Crippen LogP contribution in [-0.4, -0.2) is 43.6 Å². The molecule has 0 aliphatic carbocycles. The number of benzene rings is 1. The Kier molecular flexibility index (Phi) is 5.95. The maximum atomic E-state index is 12.3. The van der Waals surface area contributed by atoms with Gasteiger partial charge in [-0.2, -0.15) is 10.2 Å². The minimum absolute atomic E-state index is 0.253. The van der Waals surface area contributed by atoms with Gasteiger partial charge < -0.3 is 14.2 Å². The summed E-state index contributed by atoms with van der Waals surface area (Å²) in [4.78, 5) is 14.5. The molecule has 0 saturated heterocycles. The number of hydrogen-bond acceptors (Lipinski definition) is 7. The van der Waals surface area contributed by atoms with Crippen LogP contribution in [0.1, 0.15) is 20.9 Å². The molecule has 0 fully saturated rings. The van der Waals surface area contributed by atoms with Crippen LogP contribution < -0.4 is 19.6 Å². The van der Waals surface area contributed by atoms with Gasteiger partial charge in [-0.15, -0.1) is 11.3 Å². The highest BCUT2D eigenvalue weighted by Gasteiger charge is 2.13. The number of ether oxygens (including phenoxy) is 3. The normalized spacial score (nSPS) is 10.9. The smallest absolute Gasteiger partial charge is 0.291 e. The molecule has 0 saturated carbocycles. The van der Waals surface area contributed by atoms with Crippen molar-refractivity contribution < 1.29 is 19.0 Å². The quantitative estimate of drug-likeness (QED) is 0.469. The van der Waals surface area contributed by atoms with Crippen molar-refractivity contribution in [2.45, 2.75) is 6.92 Å². The van der Waals surface area contributed by atoms with E-state index in [1.807, 2.05) is 19.1 Å². The average molecular weight is 400 g/mol. The Morgan fingerprint density at radius 2 is 1.86 bits per heavy atom. The van der Waals surface area contributed by atoms with E-state index in [0.29, 0.717) is 22.8 Å². The molecule has 146 valence electrons. The highest BCUT2D eigenvalue weighted by atomic mass is 32.1. The number of thiophene rings is 1. The molecule has 0 radical (unpaired) electrons. The Balaban J connectivity index is 1.71. The Bertz CT molecular complexity index is 984. The van der Waals surface area contributed by atoms with Crippen LogP contribution in [0.4, 0.5) is 0 Å². The number of aromatic amines is 1. The van der Waals surface area contributed by atoms with E-state index in [9.17, 15) is 4.79 Å². The summed E-state index contributed by atoms with van der Waals surface area (Å²) < 4.78 is 15.9. The van der Waals surface area contributed by atoms with Gasteiger partial charge in [0.15, 0.2) is 17.2 Å². The Morgan fingerprint density at radius 1 is 1.14 bits per heavy atom. The van der Waals surface area contributed by atoms with Crippen molar-refractivity contribution in [3.05, 3.63) is 46.5 Å². The number of nitrogens with zero attached hydrogens (tertiary/aromatic N) is 2. The largest absolute Gasteiger partial charge is 0.493 e. The van der Waals surface area contributed by atoms with E-state index in [0.717, 1.165) is 10.6 Å². The number of carbonyl (C=O) groups is 1. The maximum absolute atomic E-state index is 12.3. The van der Waals surface area contributed by atoms with E-state index in [1.165, 1.54) is 32.4 Å². The molecule has 0 aliphatic heterocycles. The lowest BCUT2D eigenvalue weighted by molar-refractivity contribution is 0.0950. The van der Waals surface area contributed by atoms with Crippen LogP contribution in [0, 0.1) is 6.92 Å². The second-order valence-corrected chi connectivity index (χ2v) is 7.02. The molecule has 1 aromatic carbocycles. The van der Waals surface area contributed by atoms with Gasteiger partial charge in [0.2, 0.25) is 5.75 Å². The summed E-state index contributed by atoms with van der Waals surface area (Å²) in [6, 6.07) is 9.14. The summed E-state index contributed by atoms with van der Waals surface area (Å²) in [6.45, 7) is 2.02. The van der Waals surface area contributed by atoms with Gasteiger partial charge in [0.25, 0.3) is 5.91 Å². The molecule has 1 amide bonds. The van der Waals surface area contributed by atoms with Crippen molar-refractivity contribution in [1.82, 2.24) is 15.6 Å². The van der Waals surface area contributed by atoms with Gasteiger partial charge in [0.1, 0.15) is 0 Å². The topological polar surface area (TPSA) is 97.8 Å². The number of H-pyrrole nitrogens is 1. The second kappa shape index (κ2) is 8.57. The van der Waals surface area contributed by atoms with Crippen molar-refractivity contribution in [3.63, 3.8) is 0 Å². The molecule has 0 aliphatic rings. The highest BCUT2D eigenvalue weighted by Crippen LogP contribution is 2.37. The molecule has 0 bridgehead atoms. The van der Waals surface area contributed by atoms with Gasteiger partial charge in [0, 0.05) is 10.4 Å². The highest BCUT2D eigenvalue weighted by molar-refractivity contribution is 7.15. The Labute approximate surface area is 166 Å². The predicted molar refractivity (Wildman–Crippen MR) is 108 cm³/mol. The standard InChI is InChI=1S/C19H20N4O4S/c1-11-5-6-17(28-11)13-9-14(22-21-13)19(24)23-20-10-12-7-15(25-2)18(27-4)16(8-12)26-3/h5-10H,1-4H3,(H,21,22)(H,23,24). The van der Waals surface area contributed by atoms with Crippen molar-refractivity contribution >= 4 is 23.5 Å². The summed E-state index contributed by atoms with van der Waals surface area (Å²) in [7, 11) is 4.60. The lowest BCUT2D eigenvalue weighted by Gasteiger charge is -2.12. The third-order valence-electron chi connectivity index (χ3n) is 3.88. The molecule has 3 rings (SSSR count). The van der Waals surface area contributed by atoms with E-state index in [2.05, 4.69) is 20.7 Å². The fourth-order valence-electron chi connectivity index (χ4n) is 2.54. The summed E-state index contributed by atoms with van der Waals surface area (Å²) in [5, 5.41) is 10.9. The third kappa shape index (κ3) is 4.15. The van der Waals surface area contributed by atoms with Crippen LogP contribution in [0.25, 0.3) is 10.6 Å². The number of amides is 1. The van der Waals surface area contributed by atoms with Crippen LogP contribution in [0.3, 0.4) is 0 Å². The van der Waals surface area contributed by atoms with Crippen molar-refractivity contribution in [2.24, 2.45) is 5.10 Å². The molecule has 0 spiro atoms. The van der Waals surface area contributed by atoms with Gasteiger partial charge in [0.05, 0.1) is 38.1 Å². The summed E-state index contributed by atoms with van der Waals surface area (Å²) in [6.07, 6.45) is 1.48. The molecule has 0 unspecified atom stereocenters. The predicted octanol–water partition coefficient (Wildman–Crippen LogP) is 3.24. The molecule has 3 aromatic rings. The number of nitrogens with one attached hydrogen (secondary N) is 2. The third-order valence-corrected chi connectivity index (χ3v) is 4.92. The fourth-order valence-corrected chi connectivity index (χ4v) is 3.38. The number of methoxy groups -OCH3 is 3. The number of aryl methyl sites for hydroxylation is 1. The number of hydrogen-bond donors (Lipinski definition) is 2. The molecule has 2 aromatic heterocycles. The zero-order valence-electron chi connectivity index (χ0n) is 15.9. The monoisotopic (exact) mass is 400 g/mol. The summed E-state index contributed by atoms with van der Waals surface area (Å²) >= 11 is 1.62. The first-order chi connectivity index (χ1) is 13.5. The van der Waals surface area contributed by atoms with Gasteiger partial charge in [-0.1, -0.05) is 0 Å². The first-order valence-corrected chi connectivity index (χ1v) is 9.13. The van der Waals surface area contributed by atoms with Gasteiger partial charge >= 0.3 is 0 Å². The summed E-state index contributed by atoms with van der Waals surface area (Å²) in [5.74, 6) is 1.06. The summed E-state index contributed by atoms with van der Waals surface area (Å²) in [5.41, 5.74) is 4.17. The molecule has 8 nitrogen and oxygen atoms in total. The van der Waals surface area contributed by atoms with Crippen LogP contribution in [0.15, 0.2) is 35.4 Å². The van der Waals surface area contributed by atoms with Gasteiger partial charge in [-0.3, -0.25) is 9.89 Å². The van der Waals surface area contributed by atoms with E-state index in [-0.39, 0.29) is 5.69 Å². The maximum Gasteiger partial charge on any atom is 0.291 e. The molecular formula is C19H20N4O4S. The second-order valence-electron chi connectivity index (χ2n) is 5.73. The zero-order chi connectivity index (χ0) is 20.1. The number of carbonyl (C=O) groups excluding carboxylic acids is 1. The molecule has 2 heterocycles. The molecule has 9 heteroatoms. The lowest BCUT2D eigenvalue weighted by atomic mass is 10.2. The SMILES string of the molecule is COc1cc(C=NNC(=O)c2cc(-c3ccc(C)s3)[nH]n2)cc(OC)c1OC. The minimum Gasteiger partial charge on any atom is -0.493 e. The van der Waals surface area contributed by atoms with E-state index in [1.54, 1.807) is 29.5 Å². The molecular weight excluding hydrogens is 380 g/mol. The van der Waals surface area contributed by atoms with E-state index < -0.39 is 5.91 Å². The van der Waals surface area contributed by atoms with E-state index >= 15 is 0 Å². The Morgan fingerprint density at radius 3 is 2.43 bits per heavy atom. The minimum atomic E-state index is -0.417. The van der Waals surface area contributed by atoms with E-state index in [4.69, 9.17) is 14.2 Å². The van der Waals surface area contributed by atoms with Crippen LogP contribution in [0.5, 0.6) is 17.2 Å². The van der Waals surface area contributed by atoms with Crippen molar-refractivity contribution in [1.29, 1.82) is 0 Å². The number of aromatic nitrogens is 2. The zero-order valence-corrected chi connectivity index (χ0v) is 16.7. The van der Waals surface area contributed by atoms with Crippen LogP contribution in [-0.2, 0) is 0 Å². The fraction of sp³-hybridized carbons (Fsp3) is 0.211. The van der Waals surface area contributed by atoms with Crippen molar-refractivity contribution in [2.75, 3.05) is 21.3 Å². The number of rotatable bonds is 7. The van der Waals surface area contributed by atoms with Crippen LogP contribution >= 0.6 is 11.3 Å². The first-order valence-electron chi connectivity index (χ1n) is 8.31.